The summed E-state index contributed by atoms with van der Waals surface area (Å²) in [6.07, 6.45) is 2.82. The molecule has 6 nitrogen and oxygen atoms in total. The molecular weight excluding hydrogens is 449 g/mol. The largest absolute Gasteiger partial charge is 0.466 e. The molecular formula is C24H31Cl2N3O3. The second-order valence-corrected chi connectivity index (χ2v) is 9.39. The first-order valence-electron chi connectivity index (χ1n) is 11.3. The van der Waals surface area contributed by atoms with Crippen LogP contribution in [0.15, 0.2) is 18.2 Å². The molecule has 1 aliphatic heterocycles. The minimum absolute atomic E-state index is 0.0715. The quantitative estimate of drug-likeness (QED) is 0.501. The van der Waals surface area contributed by atoms with Crippen molar-refractivity contribution < 1.29 is 14.3 Å². The van der Waals surface area contributed by atoms with Gasteiger partial charge in [0.2, 0.25) is 0 Å². The van der Waals surface area contributed by atoms with Crippen LogP contribution in [0, 0.1) is 11.8 Å². The number of likely N-dealkylation sites (tertiary alicyclic amines) is 1. The average Bonchev–Trinajstić information content (AvgIpc) is 3.12. The van der Waals surface area contributed by atoms with Gasteiger partial charge in [0, 0.05) is 13.1 Å². The highest BCUT2D eigenvalue weighted by Gasteiger charge is 2.33. The molecule has 1 saturated heterocycles. The van der Waals surface area contributed by atoms with Gasteiger partial charge in [-0.15, -0.1) is 0 Å². The van der Waals surface area contributed by atoms with E-state index in [4.69, 9.17) is 33.0 Å². The number of piperidine rings is 1. The first-order valence-corrected chi connectivity index (χ1v) is 12.0. The lowest BCUT2D eigenvalue weighted by Gasteiger charge is -2.31. The van der Waals surface area contributed by atoms with E-state index in [0.29, 0.717) is 54.1 Å². The van der Waals surface area contributed by atoms with Crippen LogP contribution in [0.5, 0.6) is 0 Å². The maximum absolute atomic E-state index is 13.7. The highest BCUT2D eigenvalue weighted by molar-refractivity contribution is 6.42. The zero-order valence-corrected chi connectivity index (χ0v) is 20.7. The Bertz CT molecular complexity index is 987. The smallest absolute Gasteiger partial charge is 0.310 e. The summed E-state index contributed by atoms with van der Waals surface area (Å²) in [6, 6.07) is 5.35. The summed E-state index contributed by atoms with van der Waals surface area (Å²) < 4.78 is 7.01. The van der Waals surface area contributed by atoms with Crippen LogP contribution in [0.1, 0.15) is 62.3 Å². The number of ether oxygens (including phenoxy) is 1. The van der Waals surface area contributed by atoms with Crippen LogP contribution >= 0.6 is 23.2 Å². The molecule has 174 valence electrons. The molecule has 0 N–H and O–H groups in total. The van der Waals surface area contributed by atoms with Gasteiger partial charge in [0.25, 0.3) is 5.91 Å². The summed E-state index contributed by atoms with van der Waals surface area (Å²) in [5.41, 5.74) is 3.01. The Morgan fingerprint density at radius 1 is 1.22 bits per heavy atom. The van der Waals surface area contributed by atoms with E-state index in [0.717, 1.165) is 29.9 Å². The van der Waals surface area contributed by atoms with Crippen molar-refractivity contribution in [1.82, 2.24) is 14.7 Å². The summed E-state index contributed by atoms with van der Waals surface area (Å²) in [4.78, 5) is 27.8. The van der Waals surface area contributed by atoms with Gasteiger partial charge in [-0.3, -0.25) is 9.59 Å². The number of hydrogen-bond acceptors (Lipinski definition) is 4. The third-order valence-electron chi connectivity index (χ3n) is 5.68. The molecule has 2 heterocycles. The fourth-order valence-electron chi connectivity index (χ4n) is 4.21. The van der Waals surface area contributed by atoms with E-state index in [9.17, 15) is 9.59 Å². The second-order valence-electron chi connectivity index (χ2n) is 8.57. The van der Waals surface area contributed by atoms with Crippen molar-refractivity contribution in [2.75, 3.05) is 19.7 Å². The molecule has 1 aliphatic rings. The van der Waals surface area contributed by atoms with Gasteiger partial charge in [-0.05, 0) is 56.7 Å². The Labute approximate surface area is 199 Å². The Kier molecular flexibility index (Phi) is 8.23. The summed E-state index contributed by atoms with van der Waals surface area (Å²) >= 11 is 12.4. The lowest BCUT2D eigenvalue weighted by Crippen LogP contribution is -2.43. The fourth-order valence-corrected chi connectivity index (χ4v) is 4.50. The summed E-state index contributed by atoms with van der Waals surface area (Å²) in [6.45, 7) is 9.37. The number of carbonyl (C=O) groups excluding carboxylic acids is 2. The van der Waals surface area contributed by atoms with Crippen LogP contribution in [0.2, 0.25) is 10.0 Å². The zero-order chi connectivity index (χ0) is 23.4. The first kappa shape index (κ1) is 24.6. The van der Waals surface area contributed by atoms with Gasteiger partial charge in [0.15, 0.2) is 0 Å². The van der Waals surface area contributed by atoms with Crippen LogP contribution in [0.4, 0.5) is 0 Å². The molecule has 0 aliphatic carbocycles. The van der Waals surface area contributed by atoms with Crippen molar-refractivity contribution in [2.45, 2.75) is 53.4 Å². The number of rotatable bonds is 7. The highest BCUT2D eigenvalue weighted by Crippen LogP contribution is 2.29. The predicted molar refractivity (Wildman–Crippen MR) is 127 cm³/mol. The monoisotopic (exact) mass is 479 g/mol. The minimum Gasteiger partial charge on any atom is -0.466 e. The molecule has 32 heavy (non-hydrogen) atoms. The second kappa shape index (κ2) is 10.7. The van der Waals surface area contributed by atoms with Gasteiger partial charge in [-0.2, -0.15) is 5.10 Å². The number of aromatic nitrogens is 2. The molecule has 0 saturated carbocycles. The lowest BCUT2D eigenvalue weighted by atomic mass is 9.96. The van der Waals surface area contributed by atoms with Crippen molar-refractivity contribution in [3.8, 4) is 5.69 Å². The van der Waals surface area contributed by atoms with Crippen molar-refractivity contribution >= 4 is 35.1 Å². The molecule has 0 bridgehead atoms. The number of amides is 1. The van der Waals surface area contributed by atoms with Gasteiger partial charge in [-0.25, -0.2) is 4.68 Å². The molecule has 1 atom stereocenters. The molecule has 0 radical (unpaired) electrons. The lowest BCUT2D eigenvalue weighted by molar-refractivity contribution is -0.149. The van der Waals surface area contributed by atoms with E-state index in [-0.39, 0.29) is 17.8 Å². The maximum atomic E-state index is 13.7. The Hall–Kier alpha value is -2.05. The van der Waals surface area contributed by atoms with Crippen molar-refractivity contribution in [3.63, 3.8) is 0 Å². The summed E-state index contributed by atoms with van der Waals surface area (Å²) in [5.74, 6) is -0.249. The summed E-state index contributed by atoms with van der Waals surface area (Å²) in [7, 11) is 0. The van der Waals surface area contributed by atoms with E-state index in [1.165, 1.54) is 0 Å². The standard InChI is InChI=1S/C24H31Cl2N3O3/c1-5-21-22(23(30)28-11-7-8-16(14-28)24(31)32-6-2)20(12-15(3)4)27-29(21)17-9-10-18(25)19(26)13-17/h9-10,13,15-16H,5-8,11-12,14H2,1-4H3/t16-/m1/s1. The van der Waals surface area contributed by atoms with Gasteiger partial charge >= 0.3 is 5.97 Å². The van der Waals surface area contributed by atoms with Crippen molar-refractivity contribution in [1.29, 1.82) is 0 Å². The molecule has 1 fully saturated rings. The van der Waals surface area contributed by atoms with E-state index in [1.54, 1.807) is 28.6 Å². The Balaban J connectivity index is 2.01. The third kappa shape index (κ3) is 5.29. The van der Waals surface area contributed by atoms with Gasteiger partial charge in [0.1, 0.15) is 0 Å². The van der Waals surface area contributed by atoms with Crippen molar-refractivity contribution in [2.24, 2.45) is 11.8 Å². The minimum atomic E-state index is -0.281. The molecule has 2 aromatic rings. The van der Waals surface area contributed by atoms with E-state index in [1.807, 2.05) is 13.0 Å². The van der Waals surface area contributed by atoms with Crippen LogP contribution < -0.4 is 0 Å². The van der Waals surface area contributed by atoms with Crippen molar-refractivity contribution in [3.05, 3.63) is 45.2 Å². The van der Waals surface area contributed by atoms with Crippen LogP contribution in [0.3, 0.4) is 0 Å². The Morgan fingerprint density at radius 3 is 2.59 bits per heavy atom. The Morgan fingerprint density at radius 2 is 1.97 bits per heavy atom. The third-order valence-corrected chi connectivity index (χ3v) is 6.42. The van der Waals surface area contributed by atoms with E-state index in [2.05, 4.69) is 13.8 Å². The molecule has 1 amide bonds. The number of nitrogens with zero attached hydrogens (tertiary/aromatic N) is 3. The van der Waals surface area contributed by atoms with Crippen LogP contribution in [-0.2, 0) is 22.4 Å². The van der Waals surface area contributed by atoms with Gasteiger partial charge in [-0.1, -0.05) is 44.0 Å². The van der Waals surface area contributed by atoms with Gasteiger partial charge in [0.05, 0.1) is 45.2 Å². The molecule has 0 spiro atoms. The van der Waals surface area contributed by atoms with Crippen LogP contribution in [0.25, 0.3) is 5.69 Å². The number of halogens is 2. The topological polar surface area (TPSA) is 64.4 Å². The first-order chi connectivity index (χ1) is 15.3. The highest BCUT2D eigenvalue weighted by atomic mass is 35.5. The van der Waals surface area contributed by atoms with E-state index < -0.39 is 0 Å². The molecule has 3 rings (SSSR count). The van der Waals surface area contributed by atoms with Gasteiger partial charge < -0.3 is 9.64 Å². The average molecular weight is 480 g/mol. The summed E-state index contributed by atoms with van der Waals surface area (Å²) in [5, 5.41) is 5.75. The molecule has 0 unspecified atom stereocenters. The number of benzene rings is 1. The number of hydrogen-bond donors (Lipinski definition) is 0. The fraction of sp³-hybridized carbons (Fsp3) is 0.542. The number of esters is 1. The van der Waals surface area contributed by atoms with E-state index >= 15 is 0 Å². The molecule has 1 aromatic heterocycles. The zero-order valence-electron chi connectivity index (χ0n) is 19.2. The SMILES string of the molecule is CCOC(=O)[C@@H]1CCCN(C(=O)c2c(CC(C)C)nn(-c3ccc(Cl)c(Cl)c3)c2CC)C1. The van der Waals surface area contributed by atoms with Crippen LogP contribution in [-0.4, -0.2) is 46.3 Å². The predicted octanol–water partition coefficient (Wildman–Crippen LogP) is 5.36. The molecule has 1 aromatic carbocycles. The normalized spacial score (nSPS) is 16.5. The number of carbonyl (C=O) groups is 2. The molecule has 8 heteroatoms. The maximum Gasteiger partial charge on any atom is 0.310 e.